The zero-order valence-corrected chi connectivity index (χ0v) is 17.4. The van der Waals surface area contributed by atoms with Gasteiger partial charge in [-0.15, -0.1) is 0 Å². The van der Waals surface area contributed by atoms with Gasteiger partial charge in [-0.25, -0.2) is 0 Å². The predicted molar refractivity (Wildman–Crippen MR) is 117 cm³/mol. The summed E-state index contributed by atoms with van der Waals surface area (Å²) in [7, 11) is 0. The smallest absolute Gasteiger partial charge is 0.318 e. The minimum atomic E-state index is -0.721. The largest absolute Gasteiger partial charge is 0.449 e. The third-order valence-electron chi connectivity index (χ3n) is 4.23. The van der Waals surface area contributed by atoms with Crippen molar-refractivity contribution in [2.24, 2.45) is 4.99 Å². The van der Waals surface area contributed by atoms with E-state index in [4.69, 9.17) is 4.74 Å². The fourth-order valence-electron chi connectivity index (χ4n) is 2.61. The van der Waals surface area contributed by atoms with E-state index < -0.39 is 15.5 Å². The van der Waals surface area contributed by atoms with Crippen LogP contribution in [0.2, 0.25) is 0 Å². The number of halogens is 1. The summed E-state index contributed by atoms with van der Waals surface area (Å²) < 4.78 is 6.18. The van der Waals surface area contributed by atoms with Crippen LogP contribution in [0.5, 0.6) is 11.5 Å². The number of benzene rings is 3. The van der Waals surface area contributed by atoms with Gasteiger partial charge in [0.25, 0.3) is 5.69 Å². The summed E-state index contributed by atoms with van der Waals surface area (Å²) in [6, 6.07) is 16.3. The molecule has 0 saturated heterocycles. The summed E-state index contributed by atoms with van der Waals surface area (Å²) in [4.78, 5) is 25.1. The molecular weight excluding hydrogens is 454 g/mol. The van der Waals surface area contributed by atoms with E-state index in [9.17, 15) is 20.2 Å². The minimum absolute atomic E-state index is 0.0938. The van der Waals surface area contributed by atoms with Gasteiger partial charge in [-0.3, -0.25) is 25.2 Å². The second kappa shape index (κ2) is 9.27. The molecule has 0 saturated carbocycles. The number of hydrogen-bond acceptors (Lipinski definition) is 6. The van der Waals surface area contributed by atoms with Gasteiger partial charge in [-0.1, -0.05) is 19.1 Å². The van der Waals surface area contributed by atoms with Crippen LogP contribution in [-0.4, -0.2) is 16.1 Å². The van der Waals surface area contributed by atoms with Crippen LogP contribution in [-0.2, 0) is 6.42 Å². The summed E-state index contributed by atoms with van der Waals surface area (Å²) in [6.45, 7) is 2.09. The van der Waals surface area contributed by atoms with Crippen molar-refractivity contribution in [1.29, 1.82) is 0 Å². The van der Waals surface area contributed by atoms with Gasteiger partial charge in [0.05, 0.1) is 26.1 Å². The molecule has 0 aliphatic heterocycles. The monoisotopic (exact) mass is 469 g/mol. The quantitative estimate of drug-likeness (QED) is 0.227. The van der Waals surface area contributed by atoms with Crippen LogP contribution >= 0.6 is 15.9 Å². The third kappa shape index (κ3) is 5.06. The van der Waals surface area contributed by atoms with Crippen molar-refractivity contribution in [2.45, 2.75) is 13.3 Å². The highest BCUT2D eigenvalue weighted by molar-refractivity contribution is 9.10. The van der Waals surface area contributed by atoms with Gasteiger partial charge in [0, 0.05) is 12.3 Å². The van der Waals surface area contributed by atoms with Gasteiger partial charge < -0.3 is 4.74 Å². The second-order valence-electron chi connectivity index (χ2n) is 6.24. The second-order valence-corrected chi connectivity index (χ2v) is 7.09. The van der Waals surface area contributed by atoms with Crippen molar-refractivity contribution in [3.05, 3.63) is 96.5 Å². The number of non-ortho nitro benzene ring substituents is 1. The predicted octanol–water partition coefficient (Wildman–Crippen LogP) is 6.37. The Balaban J connectivity index is 1.81. The number of nitro benzene ring substituents is 2. The Morgan fingerprint density at radius 3 is 2.27 bits per heavy atom. The topological polar surface area (TPSA) is 108 Å². The van der Waals surface area contributed by atoms with Crippen LogP contribution in [0, 0.1) is 20.2 Å². The van der Waals surface area contributed by atoms with Crippen LogP contribution in [0.4, 0.5) is 17.1 Å². The van der Waals surface area contributed by atoms with Gasteiger partial charge >= 0.3 is 5.69 Å². The molecule has 0 N–H and O–H groups in total. The van der Waals surface area contributed by atoms with Crippen molar-refractivity contribution in [3.63, 3.8) is 0 Å². The molecule has 0 heterocycles. The maximum absolute atomic E-state index is 11.3. The van der Waals surface area contributed by atoms with Crippen molar-refractivity contribution >= 4 is 39.2 Å². The molecular formula is C21H16BrN3O5. The van der Waals surface area contributed by atoms with Crippen LogP contribution in [0.15, 0.2) is 70.1 Å². The van der Waals surface area contributed by atoms with Crippen molar-refractivity contribution < 1.29 is 14.6 Å². The van der Waals surface area contributed by atoms with Crippen LogP contribution in [0.25, 0.3) is 0 Å². The Morgan fingerprint density at radius 2 is 1.67 bits per heavy atom. The molecule has 3 rings (SSSR count). The molecule has 3 aromatic rings. The van der Waals surface area contributed by atoms with E-state index in [2.05, 4.69) is 27.8 Å². The summed E-state index contributed by atoms with van der Waals surface area (Å²) in [5, 5.41) is 22.1. The highest BCUT2D eigenvalue weighted by atomic mass is 79.9. The maximum atomic E-state index is 11.3. The van der Waals surface area contributed by atoms with E-state index in [0.717, 1.165) is 29.8 Å². The van der Waals surface area contributed by atoms with E-state index in [1.165, 1.54) is 11.6 Å². The molecule has 0 aliphatic carbocycles. The molecule has 0 bridgehead atoms. The summed E-state index contributed by atoms with van der Waals surface area (Å²) >= 11 is 3.38. The number of aliphatic imine (C=N–C) groups is 1. The fourth-order valence-corrected chi connectivity index (χ4v) is 3.09. The van der Waals surface area contributed by atoms with Crippen molar-refractivity contribution in [1.82, 2.24) is 0 Å². The average Bonchev–Trinajstić information content (AvgIpc) is 2.74. The molecule has 0 aliphatic rings. The number of nitrogens with zero attached hydrogens (tertiary/aromatic N) is 3. The molecule has 0 aromatic heterocycles. The Kier molecular flexibility index (Phi) is 6.53. The van der Waals surface area contributed by atoms with E-state index in [-0.39, 0.29) is 11.4 Å². The number of nitro groups is 2. The number of aryl methyl sites for hydroxylation is 1. The summed E-state index contributed by atoms with van der Waals surface area (Å²) in [6.07, 6.45) is 2.66. The molecule has 152 valence electrons. The Labute approximate surface area is 180 Å². The molecule has 9 heteroatoms. The lowest BCUT2D eigenvalue weighted by Crippen LogP contribution is -1.96. The maximum Gasteiger partial charge on any atom is 0.318 e. The molecule has 0 amide bonds. The van der Waals surface area contributed by atoms with Gasteiger partial charge in [0.1, 0.15) is 5.75 Å². The first-order valence-corrected chi connectivity index (χ1v) is 9.70. The Morgan fingerprint density at radius 1 is 0.967 bits per heavy atom. The fraction of sp³-hybridized carbons (Fsp3) is 0.0952. The Hall–Kier alpha value is -3.59. The normalized spacial score (nSPS) is 10.9. The summed E-state index contributed by atoms with van der Waals surface area (Å²) in [5.41, 5.74) is 1.99. The standard InChI is InChI=1S/C21H16BrN3O5/c1-2-14-3-6-16(7-4-14)23-13-15-5-9-20(18(22)11-15)30-21-10-8-17(24(26)27)12-19(21)25(28)29/h3-13H,2H2,1H3. The molecule has 30 heavy (non-hydrogen) atoms. The van der Waals surface area contributed by atoms with Gasteiger partial charge in [0.2, 0.25) is 5.75 Å². The lowest BCUT2D eigenvalue weighted by Gasteiger charge is -2.08. The van der Waals surface area contributed by atoms with Gasteiger partial charge in [0.15, 0.2) is 0 Å². The third-order valence-corrected chi connectivity index (χ3v) is 4.85. The van der Waals surface area contributed by atoms with Crippen molar-refractivity contribution in [3.8, 4) is 11.5 Å². The van der Waals surface area contributed by atoms with E-state index in [1.807, 2.05) is 24.3 Å². The highest BCUT2D eigenvalue weighted by Gasteiger charge is 2.21. The number of hydrogen-bond donors (Lipinski definition) is 0. The lowest BCUT2D eigenvalue weighted by molar-refractivity contribution is -0.394. The first-order valence-electron chi connectivity index (χ1n) is 8.90. The number of rotatable bonds is 7. The molecule has 0 radical (unpaired) electrons. The van der Waals surface area contributed by atoms with E-state index in [0.29, 0.717) is 10.2 Å². The van der Waals surface area contributed by atoms with Crippen LogP contribution in [0.1, 0.15) is 18.1 Å². The molecule has 0 unspecified atom stereocenters. The molecule has 8 nitrogen and oxygen atoms in total. The number of ether oxygens (including phenoxy) is 1. The van der Waals surface area contributed by atoms with Crippen LogP contribution < -0.4 is 4.74 Å². The van der Waals surface area contributed by atoms with Gasteiger partial charge in [-0.2, -0.15) is 0 Å². The first kappa shape index (κ1) is 21.1. The van der Waals surface area contributed by atoms with E-state index in [1.54, 1.807) is 24.4 Å². The summed E-state index contributed by atoms with van der Waals surface area (Å²) in [5.74, 6) is 0.236. The van der Waals surface area contributed by atoms with Crippen LogP contribution in [0.3, 0.4) is 0 Å². The minimum Gasteiger partial charge on any atom is -0.449 e. The van der Waals surface area contributed by atoms with Crippen molar-refractivity contribution in [2.75, 3.05) is 0 Å². The first-order chi connectivity index (χ1) is 14.4. The molecule has 0 spiro atoms. The molecule has 3 aromatic carbocycles. The SMILES string of the molecule is CCc1ccc(N=Cc2ccc(Oc3ccc([N+](=O)[O-])cc3[N+](=O)[O-])c(Br)c2)cc1. The zero-order valence-electron chi connectivity index (χ0n) is 15.8. The van der Waals surface area contributed by atoms with E-state index >= 15 is 0 Å². The average molecular weight is 470 g/mol. The molecule has 0 atom stereocenters. The zero-order chi connectivity index (χ0) is 21.7. The Bertz CT molecular complexity index is 1130. The lowest BCUT2D eigenvalue weighted by atomic mass is 10.1. The highest BCUT2D eigenvalue weighted by Crippen LogP contribution is 2.37. The van der Waals surface area contributed by atoms with Gasteiger partial charge in [-0.05, 0) is 69.9 Å². The molecule has 0 fully saturated rings.